The fourth-order valence-electron chi connectivity index (χ4n) is 3.09. The Morgan fingerprint density at radius 1 is 0.952 bits per heavy atom. The number of nitrogens with zero attached hydrogens (tertiary/aromatic N) is 2. The zero-order chi connectivity index (χ0) is 15.3. The molecule has 0 saturated carbocycles. The van der Waals surface area contributed by atoms with Gasteiger partial charge in [0.05, 0.1) is 6.54 Å². The zero-order valence-corrected chi connectivity index (χ0v) is 14.3. The van der Waals surface area contributed by atoms with Crippen LogP contribution in [0.4, 0.5) is 0 Å². The molecule has 1 heterocycles. The first kappa shape index (κ1) is 18.5. The van der Waals surface area contributed by atoms with Gasteiger partial charge in [0, 0.05) is 13.1 Å². The standard InChI is InChI=1S/C18H36N2O/c1-3-4-5-6-7-8-9-10-11-12-13-15-20-16-14-19-18(20)17(2)21/h17,21H,3-16H2,1-2H3. The van der Waals surface area contributed by atoms with Gasteiger partial charge in [-0.25, -0.2) is 0 Å². The SMILES string of the molecule is CCCCCCCCCCCCCN1CCN=C1C(C)O. The molecule has 1 aliphatic rings. The van der Waals surface area contributed by atoms with E-state index in [0.29, 0.717) is 0 Å². The summed E-state index contributed by atoms with van der Waals surface area (Å²) in [5, 5.41) is 9.63. The van der Waals surface area contributed by atoms with Gasteiger partial charge in [-0.05, 0) is 13.3 Å². The van der Waals surface area contributed by atoms with E-state index in [2.05, 4.69) is 16.8 Å². The molecule has 0 spiro atoms. The Morgan fingerprint density at radius 2 is 1.48 bits per heavy atom. The van der Waals surface area contributed by atoms with Crippen molar-refractivity contribution >= 4 is 5.84 Å². The summed E-state index contributed by atoms with van der Waals surface area (Å²) >= 11 is 0. The third kappa shape index (κ3) is 8.45. The lowest BCUT2D eigenvalue weighted by atomic mass is 10.1. The summed E-state index contributed by atoms with van der Waals surface area (Å²) in [4.78, 5) is 6.64. The molecule has 3 heteroatoms. The van der Waals surface area contributed by atoms with Crippen molar-refractivity contribution in [2.45, 2.75) is 90.6 Å². The fraction of sp³-hybridized carbons (Fsp3) is 0.944. The summed E-state index contributed by atoms with van der Waals surface area (Å²) in [6.07, 6.45) is 14.8. The molecule has 1 atom stereocenters. The molecule has 1 aliphatic heterocycles. The molecule has 0 aromatic carbocycles. The van der Waals surface area contributed by atoms with Crippen LogP contribution in [0, 0.1) is 0 Å². The number of aliphatic hydroxyl groups excluding tert-OH is 1. The van der Waals surface area contributed by atoms with Gasteiger partial charge in [-0.2, -0.15) is 0 Å². The smallest absolute Gasteiger partial charge is 0.128 e. The summed E-state index contributed by atoms with van der Waals surface area (Å²) in [5.74, 6) is 0.905. The van der Waals surface area contributed by atoms with Gasteiger partial charge < -0.3 is 10.0 Å². The van der Waals surface area contributed by atoms with E-state index in [9.17, 15) is 5.11 Å². The van der Waals surface area contributed by atoms with Crippen LogP contribution in [0.1, 0.15) is 84.5 Å². The van der Waals surface area contributed by atoms with E-state index in [1.807, 2.05) is 6.92 Å². The van der Waals surface area contributed by atoms with Gasteiger partial charge in [0.15, 0.2) is 0 Å². The third-order valence-corrected chi connectivity index (χ3v) is 4.37. The molecule has 124 valence electrons. The maximum absolute atomic E-state index is 9.63. The topological polar surface area (TPSA) is 35.8 Å². The zero-order valence-electron chi connectivity index (χ0n) is 14.3. The minimum Gasteiger partial charge on any atom is -0.385 e. The van der Waals surface area contributed by atoms with Crippen LogP contribution >= 0.6 is 0 Å². The van der Waals surface area contributed by atoms with Crippen LogP contribution in [0.2, 0.25) is 0 Å². The predicted molar refractivity (Wildman–Crippen MR) is 92.0 cm³/mol. The number of unbranched alkanes of at least 4 members (excludes halogenated alkanes) is 10. The average Bonchev–Trinajstić information content (AvgIpc) is 2.93. The number of aliphatic imine (C=N–C) groups is 1. The molecular weight excluding hydrogens is 260 g/mol. The van der Waals surface area contributed by atoms with Crippen LogP contribution in [0.5, 0.6) is 0 Å². The number of amidine groups is 1. The number of hydrogen-bond acceptors (Lipinski definition) is 3. The highest BCUT2D eigenvalue weighted by molar-refractivity contribution is 5.87. The second-order valence-electron chi connectivity index (χ2n) is 6.44. The normalized spacial score (nSPS) is 16.3. The van der Waals surface area contributed by atoms with Crippen molar-refractivity contribution in [1.82, 2.24) is 4.90 Å². The molecule has 0 aliphatic carbocycles. The maximum Gasteiger partial charge on any atom is 0.128 e. The minimum atomic E-state index is -0.403. The summed E-state index contributed by atoms with van der Waals surface area (Å²) in [6.45, 7) is 7.02. The first-order chi connectivity index (χ1) is 10.3. The molecule has 0 aromatic heterocycles. The highest BCUT2D eigenvalue weighted by atomic mass is 16.3. The summed E-state index contributed by atoms with van der Waals surface area (Å²) in [6, 6.07) is 0. The van der Waals surface area contributed by atoms with E-state index in [-0.39, 0.29) is 0 Å². The Kier molecular flexibility index (Phi) is 10.6. The van der Waals surface area contributed by atoms with E-state index >= 15 is 0 Å². The van der Waals surface area contributed by atoms with Crippen LogP contribution in [0.25, 0.3) is 0 Å². The van der Waals surface area contributed by atoms with Crippen LogP contribution in [0.3, 0.4) is 0 Å². The number of aliphatic hydroxyl groups is 1. The van der Waals surface area contributed by atoms with Crippen molar-refractivity contribution in [3.8, 4) is 0 Å². The summed E-state index contributed by atoms with van der Waals surface area (Å²) < 4.78 is 0. The van der Waals surface area contributed by atoms with Crippen molar-refractivity contribution in [3.63, 3.8) is 0 Å². The molecule has 0 aromatic rings. The lowest BCUT2D eigenvalue weighted by Gasteiger charge is -2.21. The molecule has 0 amide bonds. The van der Waals surface area contributed by atoms with Crippen molar-refractivity contribution in [2.75, 3.05) is 19.6 Å². The average molecular weight is 296 g/mol. The minimum absolute atomic E-state index is 0.403. The Balaban J connectivity index is 1.86. The van der Waals surface area contributed by atoms with E-state index in [1.54, 1.807) is 0 Å². The van der Waals surface area contributed by atoms with Gasteiger partial charge in [0.1, 0.15) is 11.9 Å². The van der Waals surface area contributed by atoms with Crippen molar-refractivity contribution in [2.24, 2.45) is 4.99 Å². The van der Waals surface area contributed by atoms with E-state index < -0.39 is 6.10 Å². The highest BCUT2D eigenvalue weighted by Gasteiger charge is 2.19. The van der Waals surface area contributed by atoms with Crippen LogP contribution < -0.4 is 0 Å². The molecule has 1 rings (SSSR count). The van der Waals surface area contributed by atoms with Gasteiger partial charge >= 0.3 is 0 Å². The van der Waals surface area contributed by atoms with Gasteiger partial charge in [0.2, 0.25) is 0 Å². The van der Waals surface area contributed by atoms with Gasteiger partial charge in [-0.1, -0.05) is 71.1 Å². The third-order valence-electron chi connectivity index (χ3n) is 4.37. The molecule has 1 N–H and O–H groups in total. The van der Waals surface area contributed by atoms with Crippen molar-refractivity contribution in [1.29, 1.82) is 0 Å². The Labute approximate surface area is 131 Å². The second kappa shape index (κ2) is 12.0. The lowest BCUT2D eigenvalue weighted by Crippen LogP contribution is -2.35. The number of hydrogen-bond donors (Lipinski definition) is 1. The highest BCUT2D eigenvalue weighted by Crippen LogP contribution is 2.12. The quantitative estimate of drug-likeness (QED) is 0.512. The first-order valence-corrected chi connectivity index (χ1v) is 9.23. The molecule has 1 unspecified atom stereocenters. The maximum atomic E-state index is 9.63. The van der Waals surface area contributed by atoms with Crippen molar-refractivity contribution in [3.05, 3.63) is 0 Å². The number of rotatable bonds is 13. The summed E-state index contributed by atoms with van der Waals surface area (Å²) in [5.41, 5.74) is 0. The molecule has 0 saturated heterocycles. The van der Waals surface area contributed by atoms with Crippen LogP contribution in [-0.4, -0.2) is 41.6 Å². The van der Waals surface area contributed by atoms with E-state index in [0.717, 1.165) is 25.5 Å². The molecular formula is C18H36N2O. The fourth-order valence-corrected chi connectivity index (χ4v) is 3.09. The van der Waals surface area contributed by atoms with Crippen LogP contribution in [-0.2, 0) is 0 Å². The second-order valence-corrected chi connectivity index (χ2v) is 6.44. The molecule has 0 fully saturated rings. The molecule has 3 nitrogen and oxygen atoms in total. The van der Waals surface area contributed by atoms with Crippen molar-refractivity contribution < 1.29 is 5.11 Å². The van der Waals surface area contributed by atoms with E-state index in [1.165, 1.54) is 70.6 Å². The van der Waals surface area contributed by atoms with Crippen LogP contribution in [0.15, 0.2) is 4.99 Å². The largest absolute Gasteiger partial charge is 0.385 e. The first-order valence-electron chi connectivity index (χ1n) is 9.23. The summed E-state index contributed by atoms with van der Waals surface area (Å²) in [7, 11) is 0. The monoisotopic (exact) mass is 296 g/mol. The van der Waals surface area contributed by atoms with Gasteiger partial charge in [-0.15, -0.1) is 0 Å². The predicted octanol–water partition coefficient (Wildman–Crippen LogP) is 4.39. The lowest BCUT2D eigenvalue weighted by molar-refractivity contribution is 0.242. The molecule has 21 heavy (non-hydrogen) atoms. The Hall–Kier alpha value is -0.570. The van der Waals surface area contributed by atoms with Gasteiger partial charge in [-0.3, -0.25) is 4.99 Å². The molecule has 0 radical (unpaired) electrons. The Bertz CT molecular complexity index is 276. The molecule has 0 bridgehead atoms. The Morgan fingerprint density at radius 3 is 2.00 bits per heavy atom. The van der Waals surface area contributed by atoms with E-state index in [4.69, 9.17) is 0 Å². The van der Waals surface area contributed by atoms with Gasteiger partial charge in [0.25, 0.3) is 0 Å².